The Kier molecular flexibility index (Phi) is 6.14. The summed E-state index contributed by atoms with van der Waals surface area (Å²) < 4.78 is 40.2. The van der Waals surface area contributed by atoms with Crippen LogP contribution in [0.5, 0.6) is 11.5 Å². The Morgan fingerprint density at radius 2 is 1.86 bits per heavy atom. The molecule has 0 amide bonds. The zero-order chi connectivity index (χ0) is 20.3. The molecular weight excluding hydrogens is 382 g/mol. The normalized spacial score (nSPS) is 11.9. The standard InChI is InChI=1S/C21H22F2N2O2S/c1-13(2)11-25-19(16-10-15(26-3)6-8-20(16)27-4)12-28-21(25)24-18-7-5-14(22)9-17(18)23/h5-10,12-13H,11H2,1-4H3. The Labute approximate surface area is 166 Å². The van der Waals surface area contributed by atoms with E-state index in [0.29, 0.717) is 28.8 Å². The van der Waals surface area contributed by atoms with Crippen LogP contribution in [0.1, 0.15) is 13.8 Å². The van der Waals surface area contributed by atoms with Gasteiger partial charge in [-0.3, -0.25) is 0 Å². The van der Waals surface area contributed by atoms with Gasteiger partial charge in [0.25, 0.3) is 0 Å². The van der Waals surface area contributed by atoms with Gasteiger partial charge in [-0.2, -0.15) is 0 Å². The smallest absolute Gasteiger partial charge is 0.190 e. The molecule has 7 heteroatoms. The summed E-state index contributed by atoms with van der Waals surface area (Å²) in [6.07, 6.45) is 0. The monoisotopic (exact) mass is 404 g/mol. The van der Waals surface area contributed by atoms with E-state index in [1.807, 2.05) is 28.1 Å². The molecule has 148 valence electrons. The minimum Gasteiger partial charge on any atom is -0.497 e. The molecule has 0 bridgehead atoms. The van der Waals surface area contributed by atoms with Gasteiger partial charge in [0.1, 0.15) is 23.0 Å². The van der Waals surface area contributed by atoms with E-state index in [4.69, 9.17) is 9.47 Å². The van der Waals surface area contributed by atoms with Gasteiger partial charge in [0.05, 0.1) is 19.9 Å². The zero-order valence-corrected chi connectivity index (χ0v) is 17.0. The van der Waals surface area contributed by atoms with Gasteiger partial charge >= 0.3 is 0 Å². The first-order valence-electron chi connectivity index (χ1n) is 8.83. The van der Waals surface area contributed by atoms with E-state index in [-0.39, 0.29) is 5.69 Å². The average molecular weight is 404 g/mol. The Morgan fingerprint density at radius 1 is 1.07 bits per heavy atom. The predicted molar refractivity (Wildman–Crippen MR) is 107 cm³/mol. The van der Waals surface area contributed by atoms with E-state index in [1.165, 1.54) is 23.5 Å². The first-order chi connectivity index (χ1) is 13.4. The van der Waals surface area contributed by atoms with Crippen molar-refractivity contribution in [3.63, 3.8) is 0 Å². The van der Waals surface area contributed by atoms with Gasteiger partial charge in [0, 0.05) is 23.6 Å². The molecule has 0 atom stereocenters. The highest BCUT2D eigenvalue weighted by atomic mass is 32.1. The van der Waals surface area contributed by atoms with Crippen molar-refractivity contribution in [1.29, 1.82) is 0 Å². The van der Waals surface area contributed by atoms with Crippen molar-refractivity contribution in [3.05, 3.63) is 58.2 Å². The second-order valence-corrected chi connectivity index (χ2v) is 7.52. The largest absolute Gasteiger partial charge is 0.497 e. The number of halogens is 2. The number of hydrogen-bond donors (Lipinski definition) is 0. The quantitative estimate of drug-likeness (QED) is 0.551. The van der Waals surface area contributed by atoms with Crippen molar-refractivity contribution >= 4 is 17.0 Å². The summed E-state index contributed by atoms with van der Waals surface area (Å²) >= 11 is 1.39. The molecule has 0 aliphatic carbocycles. The first kappa shape index (κ1) is 20.1. The summed E-state index contributed by atoms with van der Waals surface area (Å²) in [4.78, 5) is 5.07. The van der Waals surface area contributed by atoms with Crippen molar-refractivity contribution in [2.45, 2.75) is 20.4 Å². The maximum atomic E-state index is 14.1. The topological polar surface area (TPSA) is 35.8 Å². The van der Waals surface area contributed by atoms with Crippen LogP contribution in [0, 0.1) is 17.6 Å². The van der Waals surface area contributed by atoms with E-state index in [9.17, 15) is 8.78 Å². The second kappa shape index (κ2) is 8.56. The Bertz CT molecular complexity index is 1040. The Hall–Kier alpha value is -2.67. The lowest BCUT2D eigenvalue weighted by atomic mass is 10.1. The molecule has 0 fully saturated rings. The lowest BCUT2D eigenvalue weighted by molar-refractivity contribution is 0.404. The molecular formula is C21H22F2N2O2S. The fourth-order valence-corrected chi connectivity index (χ4v) is 3.79. The number of methoxy groups -OCH3 is 2. The van der Waals surface area contributed by atoms with Gasteiger partial charge in [-0.25, -0.2) is 13.8 Å². The molecule has 1 heterocycles. The average Bonchev–Trinajstić information content (AvgIpc) is 3.05. The highest BCUT2D eigenvalue weighted by Crippen LogP contribution is 2.34. The van der Waals surface area contributed by atoms with Gasteiger partial charge < -0.3 is 14.0 Å². The van der Waals surface area contributed by atoms with Crippen molar-refractivity contribution < 1.29 is 18.3 Å². The van der Waals surface area contributed by atoms with Gasteiger partial charge in [0.2, 0.25) is 0 Å². The summed E-state index contributed by atoms with van der Waals surface area (Å²) in [6.45, 7) is 4.87. The number of benzene rings is 2. The van der Waals surface area contributed by atoms with E-state index in [1.54, 1.807) is 14.2 Å². The molecule has 0 saturated heterocycles. The van der Waals surface area contributed by atoms with Crippen LogP contribution in [0.15, 0.2) is 46.8 Å². The third-order valence-electron chi connectivity index (χ3n) is 4.15. The number of thiazole rings is 1. The molecule has 0 N–H and O–H groups in total. The molecule has 0 aliphatic rings. The molecule has 4 nitrogen and oxygen atoms in total. The fourth-order valence-electron chi connectivity index (χ4n) is 2.87. The third-order valence-corrected chi connectivity index (χ3v) is 5.02. The fraction of sp³-hybridized carbons (Fsp3) is 0.286. The van der Waals surface area contributed by atoms with Crippen molar-refractivity contribution in [1.82, 2.24) is 4.57 Å². The van der Waals surface area contributed by atoms with Gasteiger partial charge in [0.15, 0.2) is 10.6 Å². The van der Waals surface area contributed by atoms with E-state index >= 15 is 0 Å². The van der Waals surface area contributed by atoms with Crippen LogP contribution in [-0.2, 0) is 6.54 Å². The maximum absolute atomic E-state index is 14.1. The number of hydrogen-bond acceptors (Lipinski definition) is 4. The summed E-state index contributed by atoms with van der Waals surface area (Å²) in [5.41, 5.74) is 1.86. The molecule has 2 aromatic carbocycles. The highest BCUT2D eigenvalue weighted by Gasteiger charge is 2.15. The highest BCUT2D eigenvalue weighted by molar-refractivity contribution is 7.07. The number of ether oxygens (including phenoxy) is 2. The molecule has 28 heavy (non-hydrogen) atoms. The molecule has 3 aromatic rings. The summed E-state index contributed by atoms with van der Waals surface area (Å²) in [7, 11) is 3.23. The van der Waals surface area contributed by atoms with Crippen LogP contribution in [0.25, 0.3) is 11.3 Å². The summed E-state index contributed by atoms with van der Waals surface area (Å²) in [5, 5.41) is 1.96. The number of rotatable bonds is 6. The Morgan fingerprint density at radius 3 is 2.50 bits per heavy atom. The first-order valence-corrected chi connectivity index (χ1v) is 9.71. The van der Waals surface area contributed by atoms with Gasteiger partial charge in [-0.15, -0.1) is 11.3 Å². The van der Waals surface area contributed by atoms with Crippen LogP contribution < -0.4 is 14.3 Å². The van der Waals surface area contributed by atoms with E-state index in [0.717, 1.165) is 17.3 Å². The van der Waals surface area contributed by atoms with Crippen LogP contribution in [0.2, 0.25) is 0 Å². The molecule has 0 aliphatic heterocycles. The lowest BCUT2D eigenvalue weighted by Gasteiger charge is -2.15. The van der Waals surface area contributed by atoms with E-state index in [2.05, 4.69) is 18.8 Å². The number of nitrogens with zero attached hydrogens (tertiary/aromatic N) is 2. The summed E-state index contributed by atoms with van der Waals surface area (Å²) in [6, 6.07) is 8.97. The van der Waals surface area contributed by atoms with Crippen molar-refractivity contribution in [2.75, 3.05) is 14.2 Å². The zero-order valence-electron chi connectivity index (χ0n) is 16.2. The summed E-state index contributed by atoms with van der Waals surface area (Å²) in [5.74, 6) is 0.434. The third kappa shape index (κ3) is 4.25. The SMILES string of the molecule is COc1ccc(OC)c(-c2csc(=Nc3ccc(F)cc3F)n2CC(C)C)c1. The molecule has 0 unspecified atom stereocenters. The van der Waals surface area contributed by atoms with Crippen LogP contribution in [0.4, 0.5) is 14.5 Å². The predicted octanol–water partition coefficient (Wildman–Crippen LogP) is 5.40. The van der Waals surface area contributed by atoms with Gasteiger partial charge in [-0.05, 0) is 36.2 Å². The molecule has 0 saturated carbocycles. The Balaban J connectivity index is 2.21. The van der Waals surface area contributed by atoms with E-state index < -0.39 is 11.6 Å². The van der Waals surface area contributed by atoms with Crippen molar-refractivity contribution in [2.24, 2.45) is 10.9 Å². The van der Waals surface area contributed by atoms with Crippen LogP contribution in [-0.4, -0.2) is 18.8 Å². The molecule has 1 aromatic heterocycles. The minimum absolute atomic E-state index is 0.102. The molecule has 0 spiro atoms. The molecule has 3 rings (SSSR count). The van der Waals surface area contributed by atoms with Crippen LogP contribution >= 0.6 is 11.3 Å². The lowest BCUT2D eigenvalue weighted by Crippen LogP contribution is -2.19. The maximum Gasteiger partial charge on any atom is 0.190 e. The van der Waals surface area contributed by atoms with Crippen molar-refractivity contribution in [3.8, 4) is 22.8 Å². The minimum atomic E-state index is -0.690. The van der Waals surface area contributed by atoms with Crippen LogP contribution in [0.3, 0.4) is 0 Å². The number of aromatic nitrogens is 1. The second-order valence-electron chi connectivity index (χ2n) is 6.68. The van der Waals surface area contributed by atoms with Gasteiger partial charge in [-0.1, -0.05) is 13.8 Å². The molecule has 0 radical (unpaired) electrons.